The number of benzene rings is 2. The third kappa shape index (κ3) is 5.53. The van der Waals surface area contributed by atoms with Crippen LogP contribution in [0.15, 0.2) is 36.4 Å². The summed E-state index contributed by atoms with van der Waals surface area (Å²) in [6.45, 7) is 0.938. The Balaban J connectivity index is 1.88. The number of methoxy groups -OCH3 is 2. The van der Waals surface area contributed by atoms with E-state index in [-0.39, 0.29) is 12.5 Å². The van der Waals surface area contributed by atoms with Gasteiger partial charge in [-0.1, -0.05) is 35.3 Å². The van der Waals surface area contributed by atoms with Crippen molar-refractivity contribution in [1.29, 1.82) is 0 Å². The van der Waals surface area contributed by atoms with E-state index < -0.39 is 0 Å². The molecule has 2 aromatic carbocycles. The topological polar surface area (TPSA) is 50.8 Å². The minimum Gasteiger partial charge on any atom is -0.493 e. The molecule has 0 unspecified atom stereocenters. The maximum absolute atomic E-state index is 12.2. The first-order chi connectivity index (χ1) is 12.4. The molecule has 0 bridgehead atoms. The van der Waals surface area contributed by atoms with Crippen LogP contribution in [0.4, 0.5) is 5.69 Å². The molecule has 140 valence electrons. The number of nitrogens with one attached hydrogen (secondary N) is 1. The number of hydrogen-bond donors (Lipinski definition) is 1. The molecule has 26 heavy (non-hydrogen) atoms. The first-order valence-electron chi connectivity index (χ1n) is 8.08. The number of hydrogen-bond acceptors (Lipinski definition) is 4. The van der Waals surface area contributed by atoms with Crippen LogP contribution >= 0.6 is 23.2 Å². The van der Waals surface area contributed by atoms with Crippen molar-refractivity contribution < 1.29 is 14.3 Å². The van der Waals surface area contributed by atoms with E-state index >= 15 is 0 Å². The molecule has 1 N–H and O–H groups in total. The van der Waals surface area contributed by atoms with Gasteiger partial charge in [0.1, 0.15) is 0 Å². The number of carbonyl (C=O) groups is 1. The van der Waals surface area contributed by atoms with Crippen molar-refractivity contribution in [2.45, 2.75) is 6.42 Å². The van der Waals surface area contributed by atoms with E-state index in [0.717, 1.165) is 12.0 Å². The van der Waals surface area contributed by atoms with E-state index in [1.54, 1.807) is 32.4 Å². The molecule has 0 heterocycles. The van der Waals surface area contributed by atoms with Crippen molar-refractivity contribution in [2.24, 2.45) is 0 Å². The van der Waals surface area contributed by atoms with Gasteiger partial charge in [-0.2, -0.15) is 0 Å². The van der Waals surface area contributed by atoms with Crippen LogP contribution in [0.2, 0.25) is 10.0 Å². The molecule has 0 fully saturated rings. The largest absolute Gasteiger partial charge is 0.493 e. The smallest absolute Gasteiger partial charge is 0.238 e. The van der Waals surface area contributed by atoms with Gasteiger partial charge in [-0.25, -0.2) is 0 Å². The van der Waals surface area contributed by atoms with Crippen molar-refractivity contribution in [2.75, 3.05) is 39.7 Å². The molecule has 0 saturated carbocycles. The zero-order valence-corrected chi connectivity index (χ0v) is 16.5. The second-order valence-corrected chi connectivity index (χ2v) is 6.64. The van der Waals surface area contributed by atoms with Crippen LogP contribution in [-0.4, -0.2) is 45.2 Å². The van der Waals surface area contributed by atoms with Crippen LogP contribution in [0, 0.1) is 0 Å². The molecule has 7 heteroatoms. The van der Waals surface area contributed by atoms with E-state index in [2.05, 4.69) is 5.32 Å². The molecule has 0 aliphatic heterocycles. The number of carbonyl (C=O) groups excluding carboxylic acids is 1. The lowest BCUT2D eigenvalue weighted by molar-refractivity contribution is -0.117. The number of anilines is 1. The van der Waals surface area contributed by atoms with E-state index in [9.17, 15) is 4.79 Å². The van der Waals surface area contributed by atoms with Gasteiger partial charge in [0.05, 0.1) is 36.5 Å². The summed E-state index contributed by atoms with van der Waals surface area (Å²) < 4.78 is 10.5. The van der Waals surface area contributed by atoms with E-state index in [0.29, 0.717) is 33.8 Å². The predicted molar refractivity (Wildman–Crippen MR) is 106 cm³/mol. The fourth-order valence-electron chi connectivity index (χ4n) is 2.48. The Bertz CT molecular complexity index is 748. The second-order valence-electron chi connectivity index (χ2n) is 5.82. The molecule has 0 radical (unpaired) electrons. The Morgan fingerprint density at radius 2 is 1.73 bits per heavy atom. The standard InChI is InChI=1S/C19H22Cl2N2O3/c1-23(10-9-13-7-8-16(25-2)17(11-13)26-3)12-18(24)22-19-14(20)5-4-6-15(19)21/h4-8,11H,9-10,12H2,1-3H3,(H,22,24). The van der Waals surface area contributed by atoms with Gasteiger partial charge in [0.2, 0.25) is 5.91 Å². The Morgan fingerprint density at radius 1 is 1.08 bits per heavy atom. The normalized spacial score (nSPS) is 10.7. The van der Waals surface area contributed by atoms with Gasteiger partial charge in [-0.15, -0.1) is 0 Å². The fourth-order valence-corrected chi connectivity index (χ4v) is 2.97. The molecule has 0 saturated heterocycles. The maximum atomic E-state index is 12.2. The van der Waals surface area contributed by atoms with E-state index in [1.807, 2.05) is 30.1 Å². The van der Waals surface area contributed by atoms with Gasteiger partial charge >= 0.3 is 0 Å². The molecule has 5 nitrogen and oxygen atoms in total. The average molecular weight is 397 g/mol. The zero-order valence-electron chi connectivity index (χ0n) is 15.0. The van der Waals surface area contributed by atoms with Crippen molar-refractivity contribution in [3.8, 4) is 11.5 Å². The summed E-state index contributed by atoms with van der Waals surface area (Å²) in [7, 11) is 5.10. The summed E-state index contributed by atoms with van der Waals surface area (Å²) >= 11 is 12.1. The summed E-state index contributed by atoms with van der Waals surface area (Å²) in [5.74, 6) is 1.22. The van der Waals surface area contributed by atoms with Gasteiger partial charge in [-0.3, -0.25) is 9.69 Å². The third-order valence-electron chi connectivity index (χ3n) is 3.87. The summed E-state index contributed by atoms with van der Waals surface area (Å²) in [6, 6.07) is 10.9. The van der Waals surface area contributed by atoms with Gasteiger partial charge in [-0.05, 0) is 43.3 Å². The lowest BCUT2D eigenvalue weighted by atomic mass is 10.1. The Kier molecular flexibility index (Phi) is 7.57. The highest BCUT2D eigenvalue weighted by Crippen LogP contribution is 2.30. The molecule has 0 atom stereocenters. The molecule has 2 rings (SSSR count). The molecule has 0 spiro atoms. The highest BCUT2D eigenvalue weighted by Gasteiger charge is 2.12. The van der Waals surface area contributed by atoms with Crippen LogP contribution < -0.4 is 14.8 Å². The lowest BCUT2D eigenvalue weighted by Gasteiger charge is -2.17. The SMILES string of the molecule is COc1ccc(CCN(C)CC(=O)Nc2c(Cl)cccc2Cl)cc1OC. The maximum Gasteiger partial charge on any atom is 0.238 e. The molecule has 0 aliphatic rings. The summed E-state index contributed by atoms with van der Waals surface area (Å²) in [4.78, 5) is 14.1. The first-order valence-corrected chi connectivity index (χ1v) is 8.83. The van der Waals surface area contributed by atoms with E-state index in [4.69, 9.17) is 32.7 Å². The number of ether oxygens (including phenoxy) is 2. The number of likely N-dealkylation sites (N-methyl/N-ethyl adjacent to an activating group) is 1. The zero-order chi connectivity index (χ0) is 19.1. The molecular weight excluding hydrogens is 375 g/mol. The summed E-state index contributed by atoms with van der Waals surface area (Å²) in [5.41, 5.74) is 1.54. The van der Waals surface area contributed by atoms with Crippen LogP contribution in [0.3, 0.4) is 0 Å². The van der Waals surface area contributed by atoms with Crippen molar-refractivity contribution in [1.82, 2.24) is 4.90 Å². The van der Waals surface area contributed by atoms with Crippen LogP contribution in [-0.2, 0) is 11.2 Å². The lowest BCUT2D eigenvalue weighted by Crippen LogP contribution is -2.31. The molecule has 1 amide bonds. The Labute approximate surface area is 163 Å². The van der Waals surface area contributed by atoms with Crippen LogP contribution in [0.1, 0.15) is 5.56 Å². The summed E-state index contributed by atoms with van der Waals surface area (Å²) in [6.07, 6.45) is 0.775. The van der Waals surface area contributed by atoms with Crippen molar-refractivity contribution in [3.63, 3.8) is 0 Å². The molecular formula is C19H22Cl2N2O3. The van der Waals surface area contributed by atoms with E-state index in [1.165, 1.54) is 0 Å². The van der Waals surface area contributed by atoms with Crippen LogP contribution in [0.25, 0.3) is 0 Å². The minimum atomic E-state index is -0.171. The monoisotopic (exact) mass is 396 g/mol. The van der Waals surface area contributed by atoms with Gasteiger partial charge in [0.25, 0.3) is 0 Å². The predicted octanol–water partition coefficient (Wildman–Crippen LogP) is 4.12. The molecule has 0 aromatic heterocycles. The Hall–Kier alpha value is -1.95. The number of halogens is 2. The highest BCUT2D eigenvalue weighted by atomic mass is 35.5. The number of rotatable bonds is 8. The van der Waals surface area contributed by atoms with Crippen molar-refractivity contribution in [3.05, 3.63) is 52.0 Å². The Morgan fingerprint density at radius 3 is 2.35 bits per heavy atom. The minimum absolute atomic E-state index is 0.171. The van der Waals surface area contributed by atoms with Crippen LogP contribution in [0.5, 0.6) is 11.5 Å². The number of para-hydroxylation sites is 1. The summed E-state index contributed by atoms with van der Waals surface area (Å²) in [5, 5.41) is 3.59. The average Bonchev–Trinajstić information content (AvgIpc) is 2.62. The number of nitrogens with zero attached hydrogens (tertiary/aromatic N) is 1. The second kappa shape index (κ2) is 9.67. The third-order valence-corrected chi connectivity index (χ3v) is 4.50. The van der Waals surface area contributed by atoms with Gasteiger partial charge in [0.15, 0.2) is 11.5 Å². The number of amides is 1. The fraction of sp³-hybridized carbons (Fsp3) is 0.316. The highest BCUT2D eigenvalue weighted by molar-refractivity contribution is 6.39. The molecule has 2 aromatic rings. The van der Waals surface area contributed by atoms with Crippen molar-refractivity contribution >= 4 is 34.8 Å². The first kappa shape index (κ1) is 20.4. The van der Waals surface area contributed by atoms with Gasteiger partial charge < -0.3 is 14.8 Å². The van der Waals surface area contributed by atoms with Gasteiger partial charge in [0, 0.05) is 6.54 Å². The molecule has 0 aliphatic carbocycles. The quantitative estimate of drug-likeness (QED) is 0.728.